The van der Waals surface area contributed by atoms with Crippen LogP contribution in [0, 0.1) is 5.92 Å². The quantitative estimate of drug-likeness (QED) is 0.895. The fraction of sp³-hybridized carbons (Fsp3) is 0.267. The van der Waals surface area contributed by atoms with Crippen LogP contribution in [0.15, 0.2) is 36.4 Å². The van der Waals surface area contributed by atoms with Gasteiger partial charge in [-0.2, -0.15) is 5.10 Å². The summed E-state index contributed by atoms with van der Waals surface area (Å²) in [6.07, 6.45) is 1.85. The lowest BCUT2D eigenvalue weighted by Gasteiger charge is -2.08. The topological polar surface area (TPSA) is 76.0 Å². The van der Waals surface area contributed by atoms with E-state index in [-0.39, 0.29) is 23.4 Å². The Kier molecular flexibility index (Phi) is 3.43. The van der Waals surface area contributed by atoms with E-state index in [1.165, 1.54) is 0 Å². The van der Waals surface area contributed by atoms with Gasteiger partial charge in [-0.05, 0) is 25.0 Å². The van der Waals surface area contributed by atoms with E-state index in [0.29, 0.717) is 5.82 Å². The van der Waals surface area contributed by atoms with E-state index in [4.69, 9.17) is 0 Å². The zero-order valence-electron chi connectivity index (χ0n) is 11.7. The molecule has 2 aromatic rings. The van der Waals surface area contributed by atoms with Gasteiger partial charge in [-0.3, -0.25) is 9.59 Å². The molecule has 1 aliphatic carbocycles. The summed E-state index contributed by atoms with van der Waals surface area (Å²) in [6.45, 7) is 0. The second-order valence-corrected chi connectivity index (χ2v) is 5.00. The van der Waals surface area contributed by atoms with Gasteiger partial charge in [-0.25, -0.2) is 4.68 Å². The zero-order chi connectivity index (χ0) is 14.8. The summed E-state index contributed by atoms with van der Waals surface area (Å²) in [5.41, 5.74) is 1.06. The Balaban J connectivity index is 1.97. The third-order valence-corrected chi connectivity index (χ3v) is 3.37. The molecular formula is C15H16N4O2. The van der Waals surface area contributed by atoms with Crippen LogP contribution in [0.3, 0.4) is 0 Å². The highest BCUT2D eigenvalue weighted by Gasteiger charge is 2.30. The first kappa shape index (κ1) is 13.4. The number of para-hydroxylation sites is 1. The van der Waals surface area contributed by atoms with E-state index >= 15 is 0 Å². The van der Waals surface area contributed by atoms with Crippen LogP contribution in [0.4, 0.5) is 5.82 Å². The van der Waals surface area contributed by atoms with Crippen molar-refractivity contribution in [2.45, 2.75) is 12.8 Å². The van der Waals surface area contributed by atoms with Crippen molar-refractivity contribution in [3.05, 3.63) is 42.1 Å². The number of hydrogen-bond acceptors (Lipinski definition) is 3. The molecule has 3 rings (SSSR count). The minimum absolute atomic E-state index is 0.0180. The zero-order valence-corrected chi connectivity index (χ0v) is 11.7. The molecule has 1 aromatic carbocycles. The molecule has 0 radical (unpaired) electrons. The second-order valence-electron chi connectivity index (χ2n) is 5.00. The molecule has 1 aromatic heterocycles. The molecular weight excluding hydrogens is 268 g/mol. The number of anilines is 1. The van der Waals surface area contributed by atoms with E-state index in [0.717, 1.165) is 18.5 Å². The van der Waals surface area contributed by atoms with Crippen molar-refractivity contribution in [3.63, 3.8) is 0 Å². The predicted octanol–water partition coefficient (Wildman–Crippen LogP) is 1.58. The molecule has 1 heterocycles. The van der Waals surface area contributed by atoms with Crippen LogP contribution in [0.5, 0.6) is 0 Å². The van der Waals surface area contributed by atoms with Crippen molar-refractivity contribution in [3.8, 4) is 5.69 Å². The highest BCUT2D eigenvalue weighted by Crippen LogP contribution is 2.30. The molecule has 0 bridgehead atoms. The fourth-order valence-electron chi connectivity index (χ4n) is 2.05. The monoisotopic (exact) mass is 284 g/mol. The SMILES string of the molecule is CNC(=O)c1cc(NC(=O)C2CC2)n(-c2ccccc2)n1. The van der Waals surface area contributed by atoms with Gasteiger partial charge in [0.05, 0.1) is 5.69 Å². The van der Waals surface area contributed by atoms with Crippen molar-refractivity contribution in [1.29, 1.82) is 0 Å². The summed E-state index contributed by atoms with van der Waals surface area (Å²) in [7, 11) is 1.55. The Morgan fingerprint density at radius 1 is 1.24 bits per heavy atom. The minimum Gasteiger partial charge on any atom is -0.354 e. The molecule has 0 atom stereocenters. The van der Waals surface area contributed by atoms with Gasteiger partial charge in [-0.15, -0.1) is 0 Å². The number of nitrogens with one attached hydrogen (secondary N) is 2. The molecule has 0 aliphatic heterocycles. The first-order valence-corrected chi connectivity index (χ1v) is 6.87. The second kappa shape index (κ2) is 5.40. The Morgan fingerprint density at radius 3 is 2.57 bits per heavy atom. The standard InChI is InChI=1S/C15H16N4O2/c1-16-15(21)12-9-13(17-14(20)10-7-8-10)19(18-12)11-5-3-2-4-6-11/h2-6,9-10H,7-8H2,1H3,(H,16,21)(H,17,20). The largest absolute Gasteiger partial charge is 0.354 e. The lowest BCUT2D eigenvalue weighted by atomic mass is 10.3. The van der Waals surface area contributed by atoms with Crippen molar-refractivity contribution < 1.29 is 9.59 Å². The molecule has 2 N–H and O–H groups in total. The number of hydrogen-bond donors (Lipinski definition) is 2. The molecule has 108 valence electrons. The molecule has 0 spiro atoms. The van der Waals surface area contributed by atoms with E-state index in [1.54, 1.807) is 17.8 Å². The number of nitrogens with zero attached hydrogens (tertiary/aromatic N) is 2. The minimum atomic E-state index is -0.286. The summed E-state index contributed by atoms with van der Waals surface area (Å²) in [5.74, 6) is 0.298. The Morgan fingerprint density at radius 2 is 1.95 bits per heavy atom. The van der Waals surface area contributed by atoms with E-state index < -0.39 is 0 Å². The number of aromatic nitrogens is 2. The number of amides is 2. The first-order chi connectivity index (χ1) is 10.2. The van der Waals surface area contributed by atoms with Gasteiger partial charge in [0.25, 0.3) is 5.91 Å². The lowest BCUT2D eigenvalue weighted by molar-refractivity contribution is -0.117. The van der Waals surface area contributed by atoms with Gasteiger partial charge < -0.3 is 10.6 Å². The van der Waals surface area contributed by atoms with Crippen LogP contribution in [0.1, 0.15) is 23.3 Å². The average Bonchev–Trinajstić information content (AvgIpc) is 3.29. The van der Waals surface area contributed by atoms with E-state index in [1.807, 2.05) is 30.3 Å². The van der Waals surface area contributed by atoms with E-state index in [2.05, 4.69) is 15.7 Å². The molecule has 2 amide bonds. The Hall–Kier alpha value is -2.63. The van der Waals surface area contributed by atoms with Gasteiger partial charge in [0, 0.05) is 19.0 Å². The summed E-state index contributed by atoms with van der Waals surface area (Å²) < 4.78 is 1.57. The molecule has 1 fully saturated rings. The van der Waals surface area contributed by atoms with Crippen LogP contribution in [0.25, 0.3) is 5.69 Å². The molecule has 6 heteroatoms. The summed E-state index contributed by atoms with van der Waals surface area (Å²) in [4.78, 5) is 23.7. The number of carbonyl (C=O) groups is 2. The molecule has 6 nitrogen and oxygen atoms in total. The van der Waals surface area contributed by atoms with Gasteiger partial charge >= 0.3 is 0 Å². The van der Waals surface area contributed by atoms with Crippen LogP contribution in [-0.2, 0) is 4.79 Å². The number of carbonyl (C=O) groups excluding carboxylic acids is 2. The fourth-order valence-corrected chi connectivity index (χ4v) is 2.05. The summed E-state index contributed by atoms with van der Waals surface area (Å²) >= 11 is 0. The number of benzene rings is 1. The summed E-state index contributed by atoms with van der Waals surface area (Å²) in [6, 6.07) is 11.0. The predicted molar refractivity (Wildman–Crippen MR) is 78.3 cm³/mol. The lowest BCUT2D eigenvalue weighted by Crippen LogP contribution is -2.18. The maximum atomic E-state index is 12.0. The molecule has 1 saturated carbocycles. The van der Waals surface area contributed by atoms with Crippen molar-refractivity contribution in [2.75, 3.05) is 12.4 Å². The maximum Gasteiger partial charge on any atom is 0.271 e. The van der Waals surface area contributed by atoms with Crippen molar-refractivity contribution >= 4 is 17.6 Å². The van der Waals surface area contributed by atoms with Gasteiger partial charge in [0.15, 0.2) is 5.69 Å². The number of rotatable bonds is 4. The molecule has 0 unspecified atom stereocenters. The molecule has 1 aliphatic rings. The molecule has 0 saturated heterocycles. The van der Waals surface area contributed by atoms with Gasteiger partial charge in [-0.1, -0.05) is 18.2 Å². The summed E-state index contributed by atoms with van der Waals surface area (Å²) in [5, 5.41) is 9.66. The highest BCUT2D eigenvalue weighted by atomic mass is 16.2. The highest BCUT2D eigenvalue weighted by molar-refractivity contribution is 5.96. The third-order valence-electron chi connectivity index (χ3n) is 3.37. The third kappa shape index (κ3) is 2.79. The Labute approximate surface area is 122 Å². The molecule has 21 heavy (non-hydrogen) atoms. The average molecular weight is 284 g/mol. The van der Waals surface area contributed by atoms with Crippen molar-refractivity contribution in [2.24, 2.45) is 5.92 Å². The van der Waals surface area contributed by atoms with Crippen LogP contribution >= 0.6 is 0 Å². The van der Waals surface area contributed by atoms with Crippen LogP contribution in [-0.4, -0.2) is 28.6 Å². The smallest absolute Gasteiger partial charge is 0.271 e. The normalized spacial score (nSPS) is 13.8. The Bertz CT molecular complexity index is 674. The van der Waals surface area contributed by atoms with Gasteiger partial charge in [0.1, 0.15) is 5.82 Å². The van der Waals surface area contributed by atoms with Crippen molar-refractivity contribution in [1.82, 2.24) is 15.1 Å². The van der Waals surface area contributed by atoms with Crippen LogP contribution in [0.2, 0.25) is 0 Å². The maximum absolute atomic E-state index is 12.0. The van der Waals surface area contributed by atoms with E-state index in [9.17, 15) is 9.59 Å². The first-order valence-electron chi connectivity index (χ1n) is 6.87. The van der Waals surface area contributed by atoms with Gasteiger partial charge in [0.2, 0.25) is 5.91 Å². The van der Waals surface area contributed by atoms with Crippen LogP contribution < -0.4 is 10.6 Å².